The Bertz CT molecular complexity index is 1130. The monoisotopic (exact) mass is 653 g/mol. The van der Waals surface area contributed by atoms with Crippen molar-refractivity contribution in [2.24, 2.45) is 0 Å². The number of aliphatic carboxylic acids is 3. The number of hydrogen-bond donors (Lipinski definition) is 3. The normalized spacial score (nSPS) is 19.8. The number of halogens is 9. The summed E-state index contributed by atoms with van der Waals surface area (Å²) < 4.78 is 107. The first-order chi connectivity index (χ1) is 20.2. The lowest BCUT2D eigenvalue weighted by Crippen LogP contribution is -2.51. The Labute approximate surface area is 241 Å². The molecule has 1 saturated carbocycles. The Kier molecular flexibility index (Phi) is 14.3. The van der Waals surface area contributed by atoms with E-state index < -0.39 is 36.4 Å². The minimum Gasteiger partial charge on any atom is -0.475 e. The summed E-state index contributed by atoms with van der Waals surface area (Å²) in [7, 11) is 0. The van der Waals surface area contributed by atoms with Gasteiger partial charge in [0.1, 0.15) is 12.2 Å². The summed E-state index contributed by atoms with van der Waals surface area (Å²) >= 11 is 0. The molecule has 3 atom stereocenters. The Balaban J connectivity index is 0.000000379. The van der Waals surface area contributed by atoms with Crippen LogP contribution in [-0.4, -0.2) is 98.0 Å². The minimum atomic E-state index is -5.08. The molecule has 20 heteroatoms. The van der Waals surface area contributed by atoms with Crippen molar-refractivity contribution in [3.05, 3.63) is 54.5 Å². The van der Waals surface area contributed by atoms with Gasteiger partial charge in [-0.3, -0.25) is 9.88 Å². The highest BCUT2D eigenvalue weighted by Gasteiger charge is 2.44. The molecule has 0 amide bonds. The Morgan fingerprint density at radius 3 is 1.75 bits per heavy atom. The van der Waals surface area contributed by atoms with Crippen molar-refractivity contribution < 1.29 is 78.7 Å². The Morgan fingerprint density at radius 1 is 0.818 bits per heavy atom. The van der Waals surface area contributed by atoms with E-state index in [9.17, 15) is 39.5 Å². The molecule has 0 bridgehead atoms. The number of aromatic nitrogens is 2. The van der Waals surface area contributed by atoms with Crippen LogP contribution in [-0.2, 0) is 25.7 Å². The van der Waals surface area contributed by atoms with Crippen molar-refractivity contribution in [3.63, 3.8) is 0 Å². The molecule has 2 fully saturated rings. The molecule has 1 saturated heterocycles. The lowest BCUT2D eigenvalue weighted by atomic mass is 10.1. The Hall–Kier alpha value is -4.20. The first-order valence-corrected chi connectivity index (χ1v) is 12.0. The Morgan fingerprint density at radius 2 is 1.32 bits per heavy atom. The number of carbonyl (C=O) groups is 3. The van der Waals surface area contributed by atoms with Crippen LogP contribution in [0.1, 0.15) is 18.4 Å². The topological polar surface area (TPSA) is 159 Å². The highest BCUT2D eigenvalue weighted by atomic mass is 19.4. The molecular weight excluding hydrogens is 629 g/mol. The average Bonchev–Trinajstić information content (AvgIpc) is 3.33. The van der Waals surface area contributed by atoms with E-state index in [4.69, 9.17) is 39.2 Å². The van der Waals surface area contributed by atoms with Gasteiger partial charge in [0, 0.05) is 43.8 Å². The molecule has 246 valence electrons. The molecule has 2 aromatic rings. The highest BCUT2D eigenvalue weighted by Crippen LogP contribution is 2.33. The second kappa shape index (κ2) is 16.6. The number of pyridine rings is 2. The van der Waals surface area contributed by atoms with Crippen LogP contribution >= 0.6 is 0 Å². The van der Waals surface area contributed by atoms with Gasteiger partial charge in [-0.25, -0.2) is 19.4 Å². The molecule has 0 aromatic carbocycles. The molecule has 44 heavy (non-hydrogen) atoms. The van der Waals surface area contributed by atoms with Crippen LogP contribution in [0, 0.1) is 0 Å². The van der Waals surface area contributed by atoms with Gasteiger partial charge in [-0.1, -0.05) is 6.07 Å². The largest absolute Gasteiger partial charge is 0.490 e. The van der Waals surface area contributed by atoms with Crippen molar-refractivity contribution in [2.75, 3.05) is 13.2 Å². The molecule has 0 radical (unpaired) electrons. The number of ether oxygens (including phenoxy) is 2. The zero-order chi connectivity index (χ0) is 33.7. The van der Waals surface area contributed by atoms with Crippen molar-refractivity contribution in [1.82, 2.24) is 14.9 Å². The fourth-order valence-electron chi connectivity index (χ4n) is 3.61. The molecule has 2 aromatic heterocycles. The number of rotatable bonds is 4. The lowest BCUT2D eigenvalue weighted by Gasteiger charge is -2.39. The summed E-state index contributed by atoms with van der Waals surface area (Å²) in [5.74, 6) is -7.58. The second-order valence-electron chi connectivity index (χ2n) is 8.54. The van der Waals surface area contributed by atoms with Crippen LogP contribution in [0.25, 0.3) is 0 Å². The number of fused-ring (bicyclic) bond motifs is 1. The minimum absolute atomic E-state index is 0.0927. The predicted molar refractivity (Wildman–Crippen MR) is 127 cm³/mol. The fourth-order valence-corrected chi connectivity index (χ4v) is 3.61. The number of morpholine rings is 1. The third kappa shape index (κ3) is 13.8. The molecular formula is C24H24F9N3O8. The summed E-state index contributed by atoms with van der Waals surface area (Å²) in [6, 6.07) is 10.4. The van der Waals surface area contributed by atoms with E-state index in [1.54, 1.807) is 6.20 Å². The van der Waals surface area contributed by atoms with Gasteiger partial charge < -0.3 is 24.8 Å². The average molecular weight is 653 g/mol. The SMILES string of the molecule is O=C(O)C(F)(F)F.O=C(O)C(F)(F)F.O=C(O)C(F)(F)F.c1ccc(O[C@@H]2CC[C@H]3[C@H]2OCCN3Cc2ccncc2)nc1. The summed E-state index contributed by atoms with van der Waals surface area (Å²) in [5, 5.41) is 21.4. The van der Waals surface area contributed by atoms with E-state index in [-0.39, 0.29) is 12.2 Å². The smallest absolute Gasteiger partial charge is 0.475 e. The molecule has 11 nitrogen and oxygen atoms in total. The van der Waals surface area contributed by atoms with E-state index in [1.807, 2.05) is 30.6 Å². The molecule has 4 rings (SSSR count). The van der Waals surface area contributed by atoms with Crippen LogP contribution in [0.5, 0.6) is 5.88 Å². The van der Waals surface area contributed by atoms with Crippen molar-refractivity contribution in [2.45, 2.75) is 56.2 Å². The summed E-state index contributed by atoms with van der Waals surface area (Å²) in [4.78, 5) is 37.6. The maximum Gasteiger partial charge on any atom is 0.490 e. The van der Waals surface area contributed by atoms with E-state index in [0.717, 1.165) is 32.5 Å². The van der Waals surface area contributed by atoms with Gasteiger partial charge in [0.25, 0.3) is 0 Å². The maximum absolute atomic E-state index is 10.6. The van der Waals surface area contributed by atoms with Crippen molar-refractivity contribution in [1.29, 1.82) is 0 Å². The van der Waals surface area contributed by atoms with Crippen LogP contribution in [0.4, 0.5) is 39.5 Å². The van der Waals surface area contributed by atoms with Crippen LogP contribution < -0.4 is 4.74 Å². The first kappa shape index (κ1) is 37.8. The zero-order valence-corrected chi connectivity index (χ0v) is 22.0. The van der Waals surface area contributed by atoms with Gasteiger partial charge in [0.2, 0.25) is 5.88 Å². The predicted octanol–water partition coefficient (Wildman–Crippen LogP) is 4.19. The molecule has 2 aliphatic rings. The van der Waals surface area contributed by atoms with E-state index in [0.29, 0.717) is 11.9 Å². The van der Waals surface area contributed by atoms with Crippen molar-refractivity contribution in [3.8, 4) is 5.88 Å². The lowest BCUT2D eigenvalue weighted by molar-refractivity contribution is -0.193. The molecule has 3 heterocycles. The molecule has 0 spiro atoms. The van der Waals surface area contributed by atoms with E-state index in [1.165, 1.54) is 5.56 Å². The van der Waals surface area contributed by atoms with Gasteiger partial charge in [-0.05, 0) is 36.6 Å². The fraction of sp³-hybridized carbons (Fsp3) is 0.458. The van der Waals surface area contributed by atoms with Gasteiger partial charge in [0.05, 0.1) is 6.61 Å². The van der Waals surface area contributed by atoms with E-state index >= 15 is 0 Å². The summed E-state index contributed by atoms with van der Waals surface area (Å²) in [6.07, 6.45) is -7.43. The summed E-state index contributed by atoms with van der Waals surface area (Å²) in [6.45, 7) is 2.68. The van der Waals surface area contributed by atoms with Gasteiger partial charge in [-0.2, -0.15) is 39.5 Å². The summed E-state index contributed by atoms with van der Waals surface area (Å²) in [5.41, 5.74) is 1.30. The molecule has 1 aliphatic heterocycles. The van der Waals surface area contributed by atoms with Crippen molar-refractivity contribution >= 4 is 17.9 Å². The van der Waals surface area contributed by atoms with Crippen LogP contribution in [0.2, 0.25) is 0 Å². The van der Waals surface area contributed by atoms with Crippen LogP contribution in [0.3, 0.4) is 0 Å². The molecule has 1 aliphatic carbocycles. The first-order valence-electron chi connectivity index (χ1n) is 12.0. The van der Waals surface area contributed by atoms with Gasteiger partial charge in [0.15, 0.2) is 0 Å². The van der Waals surface area contributed by atoms with Crippen LogP contribution in [0.15, 0.2) is 48.9 Å². The third-order valence-corrected chi connectivity index (χ3v) is 5.42. The third-order valence-electron chi connectivity index (χ3n) is 5.42. The number of carboxylic acid groups (broad SMARTS) is 3. The highest BCUT2D eigenvalue weighted by molar-refractivity contribution is 5.73. The number of hydrogen-bond acceptors (Lipinski definition) is 8. The van der Waals surface area contributed by atoms with E-state index in [2.05, 4.69) is 27.0 Å². The molecule has 0 unspecified atom stereocenters. The second-order valence-corrected chi connectivity index (χ2v) is 8.54. The molecule has 3 N–H and O–H groups in total. The number of carboxylic acids is 3. The number of nitrogens with zero attached hydrogens (tertiary/aromatic N) is 3. The number of alkyl halides is 9. The van der Waals surface area contributed by atoms with Gasteiger partial charge in [-0.15, -0.1) is 0 Å². The quantitative estimate of drug-likeness (QED) is 0.407. The zero-order valence-electron chi connectivity index (χ0n) is 22.0. The maximum atomic E-state index is 10.6. The van der Waals surface area contributed by atoms with Gasteiger partial charge >= 0.3 is 36.4 Å². The standard InChI is InChI=1S/C18H21N3O2.3C2HF3O2/c1-2-8-20-17(3-1)23-16-5-4-15-18(16)22-12-11-21(15)13-14-6-9-19-10-7-14;3*3-2(4,5)1(6)7/h1-3,6-10,15-16,18H,4-5,11-13H2;3*(H,6,7)/t15-,16+,18+;;;/m0.../s1.